The first-order valence-electron chi connectivity index (χ1n) is 28.5. The molecule has 2 nitrogen and oxygen atoms in total. The molecule has 2 heteroatoms. The summed E-state index contributed by atoms with van der Waals surface area (Å²) in [7, 11) is 0. The van der Waals surface area contributed by atoms with Gasteiger partial charge in [0, 0.05) is 33.5 Å². The van der Waals surface area contributed by atoms with Gasteiger partial charge in [0.05, 0.1) is 21.9 Å². The molecule has 0 unspecified atom stereocenters. The quantitative estimate of drug-likeness (QED) is 0.140. The lowest BCUT2D eigenvalue weighted by Crippen LogP contribution is -2.44. The molecule has 0 bridgehead atoms. The fourth-order valence-electron chi connectivity index (χ4n) is 14.3. The van der Waals surface area contributed by atoms with Gasteiger partial charge in [0.2, 0.25) is 0 Å². The topological polar surface area (TPSA) is 8.17 Å². The lowest BCUT2D eigenvalue weighted by atomic mass is 9.51. The van der Waals surface area contributed by atoms with E-state index in [1.807, 2.05) is 0 Å². The highest BCUT2D eigenvalue weighted by Crippen LogP contribution is 2.64. The third kappa shape index (κ3) is 7.14. The van der Waals surface area contributed by atoms with Gasteiger partial charge in [-0.15, -0.1) is 0 Å². The molecule has 0 N–H and O–H groups in total. The second-order valence-electron chi connectivity index (χ2n) is 21.9. The molecule has 2 aliphatic carbocycles. The molecule has 82 heavy (non-hydrogen) atoms. The van der Waals surface area contributed by atoms with Gasteiger partial charge in [-0.1, -0.05) is 255 Å². The van der Waals surface area contributed by atoms with Crippen LogP contribution in [0.2, 0.25) is 0 Å². The van der Waals surface area contributed by atoms with E-state index in [1.54, 1.807) is 0 Å². The number of nitrogens with zero attached hydrogens (tertiary/aromatic N) is 2. The summed E-state index contributed by atoms with van der Waals surface area (Å²) >= 11 is 0. The standard InChI is InChI=1S/C80H54N2/c1-5-21-55(22-6-1)56-37-45-64(46-38-56)81(66-49-41-58(42-50-66)60-44-52-78-70(54-60)68-30-14-20-36-77(68)82(78)63-27-11-4-12-28-63)65-47-39-57(40-48-65)59-43-51-72-69(53-59)67-29-13-15-31-71(67)80(72)75-34-18-16-32-73(75)79(61-23-7-2-8-24-61,62-25-9-3-10-26-62)74-33-17-19-35-76(74)80/h1-54H. The van der Waals surface area contributed by atoms with Crippen LogP contribution in [0.4, 0.5) is 17.1 Å². The van der Waals surface area contributed by atoms with E-state index in [4.69, 9.17) is 0 Å². The zero-order chi connectivity index (χ0) is 54.2. The van der Waals surface area contributed by atoms with E-state index in [0.29, 0.717) is 0 Å². The normalized spacial score (nSPS) is 13.3. The van der Waals surface area contributed by atoms with Crippen molar-refractivity contribution < 1.29 is 0 Å². The van der Waals surface area contributed by atoms with Crippen molar-refractivity contribution in [3.8, 4) is 50.2 Å². The van der Waals surface area contributed by atoms with E-state index in [-0.39, 0.29) is 0 Å². The monoisotopic (exact) mass is 1040 g/mol. The highest BCUT2D eigenvalue weighted by atomic mass is 15.1. The molecule has 0 radical (unpaired) electrons. The lowest BCUT2D eigenvalue weighted by molar-refractivity contribution is 0.623. The molecule has 0 saturated carbocycles. The Morgan fingerprint density at radius 3 is 1.17 bits per heavy atom. The van der Waals surface area contributed by atoms with Crippen molar-refractivity contribution in [1.29, 1.82) is 0 Å². The molecule has 1 heterocycles. The van der Waals surface area contributed by atoms with E-state index in [1.165, 1.54) is 111 Å². The molecule has 1 aromatic heterocycles. The molecule has 0 amide bonds. The van der Waals surface area contributed by atoms with Gasteiger partial charge in [0.1, 0.15) is 0 Å². The van der Waals surface area contributed by atoms with Crippen LogP contribution in [0.3, 0.4) is 0 Å². The van der Waals surface area contributed by atoms with Crippen LogP contribution in [0.1, 0.15) is 44.5 Å². The summed E-state index contributed by atoms with van der Waals surface area (Å²) in [5, 5.41) is 2.49. The molecule has 2 aliphatic rings. The summed E-state index contributed by atoms with van der Waals surface area (Å²) in [5.41, 5.74) is 25.8. The fraction of sp³-hybridized carbons (Fsp3) is 0.0250. The average Bonchev–Trinajstić information content (AvgIpc) is 2.02. The summed E-state index contributed by atoms with van der Waals surface area (Å²) < 4.78 is 2.37. The molecule has 0 atom stereocenters. The van der Waals surface area contributed by atoms with E-state index >= 15 is 0 Å². The largest absolute Gasteiger partial charge is 0.311 e. The van der Waals surface area contributed by atoms with Crippen LogP contribution in [-0.2, 0) is 10.8 Å². The minimum Gasteiger partial charge on any atom is -0.311 e. The molecule has 16 rings (SSSR count). The van der Waals surface area contributed by atoms with Gasteiger partial charge >= 0.3 is 0 Å². The smallest absolute Gasteiger partial charge is 0.0720 e. The zero-order valence-corrected chi connectivity index (χ0v) is 45.1. The van der Waals surface area contributed by atoms with Gasteiger partial charge in [-0.25, -0.2) is 0 Å². The number of fused-ring (bicyclic) bond motifs is 12. The van der Waals surface area contributed by atoms with Gasteiger partial charge in [-0.3, -0.25) is 0 Å². The Bertz CT molecular complexity index is 4610. The summed E-state index contributed by atoms with van der Waals surface area (Å²) in [6.45, 7) is 0. The van der Waals surface area contributed by atoms with Gasteiger partial charge in [-0.05, 0) is 162 Å². The maximum atomic E-state index is 2.45. The summed E-state index contributed by atoms with van der Waals surface area (Å²) in [5.74, 6) is 0. The Hall–Kier alpha value is -10.5. The Morgan fingerprint density at radius 2 is 0.610 bits per heavy atom. The number of hydrogen-bond acceptors (Lipinski definition) is 1. The van der Waals surface area contributed by atoms with Crippen molar-refractivity contribution in [1.82, 2.24) is 4.57 Å². The van der Waals surface area contributed by atoms with E-state index in [2.05, 4.69) is 337 Å². The zero-order valence-electron chi connectivity index (χ0n) is 45.1. The van der Waals surface area contributed by atoms with Crippen LogP contribution in [-0.4, -0.2) is 4.57 Å². The SMILES string of the molecule is c1ccc(-c2ccc(N(c3ccc(-c4ccc5c(c4)-c4ccccc4C54c5ccccc5C(c5ccccc5)(c5ccccc5)c5ccccc54)cc3)c3ccc(-c4ccc5c(c4)c4ccccc4n5-c4ccccc4)cc3)cc2)cc1. The minimum absolute atomic E-state index is 0.540. The first kappa shape index (κ1) is 47.5. The molecule has 0 aliphatic heterocycles. The Morgan fingerprint density at radius 1 is 0.232 bits per heavy atom. The van der Waals surface area contributed by atoms with Crippen LogP contribution in [0.25, 0.3) is 72.0 Å². The summed E-state index contributed by atoms with van der Waals surface area (Å²) in [6.07, 6.45) is 0. The van der Waals surface area contributed by atoms with Crippen LogP contribution in [0.15, 0.2) is 328 Å². The maximum absolute atomic E-state index is 2.45. The van der Waals surface area contributed by atoms with Gasteiger partial charge in [-0.2, -0.15) is 0 Å². The lowest BCUT2D eigenvalue weighted by Gasteiger charge is -2.50. The average molecular weight is 1040 g/mol. The number of benzene rings is 13. The van der Waals surface area contributed by atoms with Gasteiger partial charge in [0.25, 0.3) is 0 Å². The first-order valence-corrected chi connectivity index (χ1v) is 28.5. The molecule has 13 aromatic carbocycles. The third-order valence-electron chi connectivity index (χ3n) is 17.8. The van der Waals surface area contributed by atoms with Crippen molar-refractivity contribution in [3.05, 3.63) is 372 Å². The van der Waals surface area contributed by atoms with Crippen LogP contribution in [0, 0.1) is 0 Å². The number of para-hydroxylation sites is 2. The van der Waals surface area contributed by atoms with Crippen LogP contribution in [0.5, 0.6) is 0 Å². The molecule has 384 valence electrons. The van der Waals surface area contributed by atoms with Crippen molar-refractivity contribution in [3.63, 3.8) is 0 Å². The van der Waals surface area contributed by atoms with E-state index in [0.717, 1.165) is 22.7 Å². The van der Waals surface area contributed by atoms with Crippen molar-refractivity contribution >= 4 is 38.9 Å². The van der Waals surface area contributed by atoms with Crippen molar-refractivity contribution in [2.45, 2.75) is 10.8 Å². The van der Waals surface area contributed by atoms with E-state index < -0.39 is 10.8 Å². The second kappa shape index (κ2) is 19.1. The highest BCUT2D eigenvalue weighted by molar-refractivity contribution is 6.10. The van der Waals surface area contributed by atoms with Crippen molar-refractivity contribution in [2.24, 2.45) is 0 Å². The molecular weight excluding hydrogens is 989 g/mol. The first-order chi connectivity index (χ1) is 40.7. The third-order valence-corrected chi connectivity index (χ3v) is 17.8. The molecular formula is C80H54N2. The number of rotatable bonds is 9. The summed E-state index contributed by atoms with van der Waals surface area (Å²) in [4.78, 5) is 2.38. The van der Waals surface area contributed by atoms with Crippen LogP contribution < -0.4 is 4.90 Å². The minimum atomic E-state index is -0.545. The van der Waals surface area contributed by atoms with Gasteiger partial charge < -0.3 is 9.47 Å². The van der Waals surface area contributed by atoms with Gasteiger partial charge in [0.15, 0.2) is 0 Å². The molecule has 0 saturated heterocycles. The van der Waals surface area contributed by atoms with Crippen molar-refractivity contribution in [2.75, 3.05) is 4.90 Å². The van der Waals surface area contributed by atoms with E-state index in [9.17, 15) is 0 Å². The highest BCUT2D eigenvalue weighted by Gasteiger charge is 2.56. The maximum Gasteiger partial charge on any atom is 0.0720 e. The van der Waals surface area contributed by atoms with Crippen LogP contribution >= 0.6 is 0 Å². The molecule has 1 spiro atoms. The predicted octanol–water partition coefficient (Wildman–Crippen LogP) is 20.3. The number of hydrogen-bond donors (Lipinski definition) is 0. The number of anilines is 3. The Balaban J connectivity index is 0.794. The Labute approximate surface area is 478 Å². The predicted molar refractivity (Wildman–Crippen MR) is 341 cm³/mol. The summed E-state index contributed by atoms with van der Waals surface area (Å²) in [6, 6.07) is 121. The number of aromatic nitrogens is 1. The molecule has 0 fully saturated rings. The fourth-order valence-corrected chi connectivity index (χ4v) is 14.3. The molecule has 14 aromatic rings. The Kier molecular flexibility index (Phi) is 11.0. The second-order valence-corrected chi connectivity index (χ2v) is 21.9.